The van der Waals surface area contributed by atoms with Crippen LogP contribution in [0.25, 0.3) is 5.69 Å². The lowest BCUT2D eigenvalue weighted by molar-refractivity contribution is 0.608. The van der Waals surface area contributed by atoms with Gasteiger partial charge in [-0.3, -0.25) is 0 Å². The predicted molar refractivity (Wildman–Crippen MR) is 76.1 cm³/mol. The van der Waals surface area contributed by atoms with E-state index in [2.05, 4.69) is 5.10 Å². The van der Waals surface area contributed by atoms with E-state index in [1.54, 1.807) is 32.0 Å². The van der Waals surface area contributed by atoms with Gasteiger partial charge < -0.3 is 0 Å². The minimum absolute atomic E-state index is 0.0141. The number of hydrogen-bond acceptors (Lipinski definition) is 3. The molecule has 2 rings (SSSR count). The molecule has 0 amide bonds. The SMILES string of the molecule is Cc1nn(-c2ccc(Cl)c(Cl)c2)c(C)c1S(=O)(=O)Cl. The average molecular weight is 340 g/mol. The Morgan fingerprint density at radius 2 is 1.79 bits per heavy atom. The normalized spacial score (nSPS) is 11.8. The fourth-order valence-electron chi connectivity index (χ4n) is 1.85. The first-order valence-corrected chi connectivity index (χ1v) is 8.24. The Hall–Kier alpha value is -0.750. The lowest BCUT2D eigenvalue weighted by atomic mass is 10.3. The van der Waals surface area contributed by atoms with Gasteiger partial charge in [0.1, 0.15) is 4.90 Å². The van der Waals surface area contributed by atoms with Crippen molar-refractivity contribution in [3.8, 4) is 5.69 Å². The van der Waals surface area contributed by atoms with Gasteiger partial charge in [0.05, 0.1) is 27.1 Å². The van der Waals surface area contributed by atoms with Crippen molar-refractivity contribution in [3.63, 3.8) is 0 Å². The number of nitrogens with zero attached hydrogens (tertiary/aromatic N) is 2. The van der Waals surface area contributed by atoms with E-state index in [1.165, 1.54) is 4.68 Å². The van der Waals surface area contributed by atoms with E-state index in [0.717, 1.165) is 0 Å². The third-order valence-corrected chi connectivity index (χ3v) is 4.90. The van der Waals surface area contributed by atoms with Gasteiger partial charge in [0, 0.05) is 10.7 Å². The maximum Gasteiger partial charge on any atom is 0.264 e. The monoisotopic (exact) mass is 338 g/mol. The van der Waals surface area contributed by atoms with E-state index >= 15 is 0 Å². The van der Waals surface area contributed by atoms with Crippen molar-refractivity contribution in [1.82, 2.24) is 9.78 Å². The molecule has 0 saturated heterocycles. The molecule has 4 nitrogen and oxygen atoms in total. The summed E-state index contributed by atoms with van der Waals surface area (Å²) in [7, 11) is 1.56. The first-order valence-electron chi connectivity index (χ1n) is 5.18. The molecule has 2 aromatic rings. The van der Waals surface area contributed by atoms with Crippen molar-refractivity contribution >= 4 is 42.9 Å². The molecule has 0 aliphatic rings. The maximum absolute atomic E-state index is 11.5. The Kier molecular flexibility index (Phi) is 3.84. The van der Waals surface area contributed by atoms with E-state index in [-0.39, 0.29) is 4.90 Å². The van der Waals surface area contributed by atoms with Crippen LogP contribution in [0.5, 0.6) is 0 Å². The van der Waals surface area contributed by atoms with Crippen molar-refractivity contribution in [2.75, 3.05) is 0 Å². The van der Waals surface area contributed by atoms with E-state index in [9.17, 15) is 8.42 Å². The van der Waals surface area contributed by atoms with Crippen molar-refractivity contribution in [2.24, 2.45) is 0 Å². The summed E-state index contributed by atoms with van der Waals surface area (Å²) in [5.41, 5.74) is 1.37. The first kappa shape index (κ1) is 14.7. The summed E-state index contributed by atoms with van der Waals surface area (Å²) in [6.45, 7) is 3.20. The van der Waals surface area contributed by atoms with Crippen LogP contribution in [-0.2, 0) is 9.05 Å². The van der Waals surface area contributed by atoms with E-state index in [4.69, 9.17) is 33.9 Å². The molecule has 0 saturated carbocycles. The summed E-state index contributed by atoms with van der Waals surface area (Å²) >= 11 is 11.8. The molecule has 19 heavy (non-hydrogen) atoms. The van der Waals surface area contributed by atoms with Crippen molar-refractivity contribution in [3.05, 3.63) is 39.6 Å². The van der Waals surface area contributed by atoms with Gasteiger partial charge in [-0.2, -0.15) is 5.10 Å². The highest BCUT2D eigenvalue weighted by atomic mass is 35.7. The van der Waals surface area contributed by atoms with Crippen LogP contribution in [0, 0.1) is 13.8 Å². The summed E-state index contributed by atoms with van der Waals surface area (Å²) in [4.78, 5) is 0.0141. The molecule has 0 N–H and O–H groups in total. The molecule has 0 bridgehead atoms. The molecule has 102 valence electrons. The van der Waals surface area contributed by atoms with E-state index in [0.29, 0.717) is 27.1 Å². The molecule has 0 aliphatic carbocycles. The molecule has 1 heterocycles. The number of hydrogen-bond donors (Lipinski definition) is 0. The number of aryl methyl sites for hydroxylation is 1. The Morgan fingerprint density at radius 1 is 1.16 bits per heavy atom. The fraction of sp³-hybridized carbons (Fsp3) is 0.182. The molecule has 1 aromatic heterocycles. The summed E-state index contributed by atoms with van der Waals surface area (Å²) in [5.74, 6) is 0. The predicted octanol–water partition coefficient (Wildman–Crippen LogP) is 3.72. The largest absolute Gasteiger partial charge is 0.264 e. The minimum atomic E-state index is -3.84. The Balaban J connectivity index is 2.68. The van der Waals surface area contributed by atoms with Crippen LogP contribution in [0.3, 0.4) is 0 Å². The standard InChI is InChI=1S/C11H9Cl3N2O2S/c1-6-11(19(14,17)18)7(2)16(15-6)8-3-4-9(12)10(13)5-8/h3-5H,1-2H3. The zero-order valence-corrected chi connectivity index (χ0v) is 13.1. The Labute approximate surface area is 125 Å². The number of halogens is 3. The molecule has 0 unspecified atom stereocenters. The second kappa shape index (κ2) is 4.98. The molecular formula is C11H9Cl3N2O2S. The van der Waals surface area contributed by atoms with Crippen molar-refractivity contribution in [2.45, 2.75) is 18.7 Å². The zero-order valence-electron chi connectivity index (χ0n) is 9.99. The smallest absolute Gasteiger partial charge is 0.236 e. The summed E-state index contributed by atoms with van der Waals surface area (Å²) in [6, 6.07) is 4.91. The van der Waals surface area contributed by atoms with Gasteiger partial charge in [-0.05, 0) is 32.0 Å². The zero-order chi connectivity index (χ0) is 14.4. The molecule has 0 fully saturated rings. The number of rotatable bonds is 2. The van der Waals surface area contributed by atoms with E-state index < -0.39 is 9.05 Å². The molecule has 0 spiro atoms. The van der Waals surface area contributed by atoms with Gasteiger partial charge in [-0.1, -0.05) is 23.2 Å². The Morgan fingerprint density at radius 3 is 2.26 bits per heavy atom. The fourth-order valence-corrected chi connectivity index (χ4v) is 3.64. The molecular weight excluding hydrogens is 331 g/mol. The lowest BCUT2D eigenvalue weighted by Gasteiger charge is -2.06. The highest BCUT2D eigenvalue weighted by Gasteiger charge is 2.23. The van der Waals surface area contributed by atoms with Crippen LogP contribution in [0.4, 0.5) is 0 Å². The van der Waals surface area contributed by atoms with Gasteiger partial charge in [-0.15, -0.1) is 0 Å². The van der Waals surface area contributed by atoms with Crippen molar-refractivity contribution < 1.29 is 8.42 Å². The van der Waals surface area contributed by atoms with E-state index in [1.807, 2.05) is 0 Å². The molecule has 0 radical (unpaired) electrons. The average Bonchev–Trinajstić information content (AvgIpc) is 2.57. The first-order chi connectivity index (χ1) is 8.71. The molecule has 0 aliphatic heterocycles. The van der Waals surface area contributed by atoms with Crippen LogP contribution in [-0.4, -0.2) is 18.2 Å². The second-order valence-electron chi connectivity index (χ2n) is 3.95. The van der Waals surface area contributed by atoms with Gasteiger partial charge in [-0.25, -0.2) is 13.1 Å². The molecule has 0 atom stereocenters. The minimum Gasteiger partial charge on any atom is -0.236 e. The van der Waals surface area contributed by atoms with Crippen molar-refractivity contribution in [1.29, 1.82) is 0 Å². The Bertz CT molecular complexity index is 754. The highest BCUT2D eigenvalue weighted by molar-refractivity contribution is 8.13. The summed E-state index contributed by atoms with van der Waals surface area (Å²) in [6.07, 6.45) is 0. The van der Waals surface area contributed by atoms with Gasteiger partial charge in [0.2, 0.25) is 0 Å². The third kappa shape index (κ3) is 2.74. The van der Waals surface area contributed by atoms with Gasteiger partial charge >= 0.3 is 0 Å². The van der Waals surface area contributed by atoms with Crippen LogP contribution in [0.1, 0.15) is 11.4 Å². The van der Waals surface area contributed by atoms with Crippen LogP contribution in [0.15, 0.2) is 23.1 Å². The van der Waals surface area contributed by atoms with Crippen LogP contribution >= 0.6 is 33.9 Å². The molecule has 1 aromatic carbocycles. The quantitative estimate of drug-likeness (QED) is 0.783. The van der Waals surface area contributed by atoms with Crippen LogP contribution < -0.4 is 0 Å². The lowest BCUT2D eigenvalue weighted by Crippen LogP contribution is -2.00. The number of benzene rings is 1. The molecule has 8 heteroatoms. The van der Waals surface area contributed by atoms with Gasteiger partial charge in [0.25, 0.3) is 9.05 Å². The van der Waals surface area contributed by atoms with Crippen LogP contribution in [0.2, 0.25) is 10.0 Å². The summed E-state index contributed by atoms with van der Waals surface area (Å²) in [5, 5.41) is 4.95. The highest BCUT2D eigenvalue weighted by Crippen LogP contribution is 2.28. The summed E-state index contributed by atoms with van der Waals surface area (Å²) < 4.78 is 24.5. The topological polar surface area (TPSA) is 52.0 Å². The third-order valence-electron chi connectivity index (χ3n) is 2.62. The second-order valence-corrected chi connectivity index (χ2v) is 7.27. The maximum atomic E-state index is 11.5. The van der Waals surface area contributed by atoms with Gasteiger partial charge in [0.15, 0.2) is 0 Å². The number of aromatic nitrogens is 2.